The molecular weight excluding hydrogens is 242 g/mol. The van der Waals surface area contributed by atoms with Crippen LogP contribution >= 0.6 is 0 Å². The third-order valence-corrected chi connectivity index (χ3v) is 3.30. The molecule has 0 atom stereocenters. The zero-order valence-corrected chi connectivity index (χ0v) is 11.8. The highest BCUT2D eigenvalue weighted by molar-refractivity contribution is 5.90. The van der Waals surface area contributed by atoms with Crippen LogP contribution in [0.1, 0.15) is 12.5 Å². The largest absolute Gasteiger partial charge is 0.355 e. The smallest absolute Gasteiger partial charge is 0.0464 e. The monoisotopic (exact) mass is 261 g/mol. The maximum Gasteiger partial charge on any atom is 0.0464 e. The van der Waals surface area contributed by atoms with Gasteiger partial charge in [-0.1, -0.05) is 62.2 Å². The Bertz CT molecular complexity index is 654. The average Bonchev–Trinajstić information content (AvgIpc) is 2.60. The maximum absolute atomic E-state index is 3.95. The van der Waals surface area contributed by atoms with E-state index in [9.17, 15) is 0 Å². The van der Waals surface area contributed by atoms with Gasteiger partial charge in [0.25, 0.3) is 0 Å². The van der Waals surface area contributed by atoms with Gasteiger partial charge in [0.15, 0.2) is 0 Å². The topological polar surface area (TPSA) is 12.0 Å². The second kappa shape index (κ2) is 6.07. The van der Waals surface area contributed by atoms with Crippen LogP contribution in [0.4, 0.5) is 5.69 Å². The molecule has 0 amide bonds. The number of hydrogen-bond donors (Lipinski definition) is 1. The molecule has 1 heterocycles. The van der Waals surface area contributed by atoms with Crippen LogP contribution in [0, 0.1) is 0 Å². The Morgan fingerprint density at radius 2 is 1.55 bits per heavy atom. The Balaban J connectivity index is 2.85. The molecule has 1 aliphatic heterocycles. The zero-order valence-electron chi connectivity index (χ0n) is 11.8. The van der Waals surface area contributed by atoms with Gasteiger partial charge in [-0.15, -0.1) is 0 Å². The first-order valence-electron chi connectivity index (χ1n) is 6.62. The van der Waals surface area contributed by atoms with Crippen molar-refractivity contribution in [3.63, 3.8) is 0 Å². The highest BCUT2D eigenvalue weighted by Crippen LogP contribution is 2.36. The summed E-state index contributed by atoms with van der Waals surface area (Å²) < 4.78 is 0. The van der Waals surface area contributed by atoms with Gasteiger partial charge in [0.1, 0.15) is 0 Å². The van der Waals surface area contributed by atoms with Gasteiger partial charge in [0.2, 0.25) is 0 Å². The van der Waals surface area contributed by atoms with Crippen LogP contribution in [0.3, 0.4) is 0 Å². The van der Waals surface area contributed by atoms with E-state index in [0.717, 1.165) is 33.7 Å². The lowest BCUT2D eigenvalue weighted by Crippen LogP contribution is -2.00. The van der Waals surface area contributed by atoms with Gasteiger partial charge in [-0.25, -0.2) is 0 Å². The van der Waals surface area contributed by atoms with Crippen molar-refractivity contribution in [2.45, 2.75) is 6.92 Å². The molecule has 0 aliphatic carbocycles. The number of benzene rings is 1. The van der Waals surface area contributed by atoms with Crippen LogP contribution in [-0.4, -0.2) is 0 Å². The first-order valence-corrected chi connectivity index (χ1v) is 6.62. The van der Waals surface area contributed by atoms with Crippen molar-refractivity contribution < 1.29 is 0 Å². The summed E-state index contributed by atoms with van der Waals surface area (Å²) in [5, 5.41) is 3.47. The number of allylic oxidation sites excluding steroid dienone is 8. The molecule has 1 aromatic rings. The Labute approximate surface area is 121 Å². The van der Waals surface area contributed by atoms with Gasteiger partial charge in [0, 0.05) is 22.5 Å². The van der Waals surface area contributed by atoms with E-state index >= 15 is 0 Å². The summed E-state index contributed by atoms with van der Waals surface area (Å²) >= 11 is 0. The van der Waals surface area contributed by atoms with Crippen molar-refractivity contribution in [3.05, 3.63) is 96.8 Å². The Kier molecular flexibility index (Phi) is 4.21. The SMILES string of the molecule is C=CC1=C(/C=C\C)Nc2ccccc2C(C=C)=C1C=C. The van der Waals surface area contributed by atoms with E-state index in [2.05, 4.69) is 37.2 Å². The van der Waals surface area contributed by atoms with Crippen LogP contribution in [-0.2, 0) is 0 Å². The van der Waals surface area contributed by atoms with Crippen molar-refractivity contribution >= 4 is 11.3 Å². The summed E-state index contributed by atoms with van der Waals surface area (Å²) in [5.74, 6) is 0. The third-order valence-electron chi connectivity index (χ3n) is 3.30. The highest BCUT2D eigenvalue weighted by atomic mass is 14.9. The minimum atomic E-state index is 1.02. The minimum Gasteiger partial charge on any atom is -0.355 e. The van der Waals surface area contributed by atoms with Crippen molar-refractivity contribution in [1.82, 2.24) is 0 Å². The van der Waals surface area contributed by atoms with E-state index in [1.807, 2.05) is 49.4 Å². The van der Waals surface area contributed by atoms with Gasteiger partial charge in [-0.05, 0) is 30.2 Å². The molecule has 0 bridgehead atoms. The minimum absolute atomic E-state index is 1.02. The first-order chi connectivity index (χ1) is 9.76. The Morgan fingerprint density at radius 1 is 0.900 bits per heavy atom. The Morgan fingerprint density at radius 3 is 2.15 bits per heavy atom. The van der Waals surface area contributed by atoms with Crippen LogP contribution < -0.4 is 5.32 Å². The number of nitrogens with one attached hydrogen (secondary N) is 1. The summed E-state index contributed by atoms with van der Waals surface area (Å²) in [6.07, 6.45) is 9.65. The van der Waals surface area contributed by atoms with E-state index < -0.39 is 0 Å². The van der Waals surface area contributed by atoms with E-state index in [1.54, 1.807) is 0 Å². The van der Waals surface area contributed by atoms with Crippen molar-refractivity contribution in [2.24, 2.45) is 0 Å². The quantitative estimate of drug-likeness (QED) is 0.780. The van der Waals surface area contributed by atoms with Crippen molar-refractivity contribution in [2.75, 3.05) is 5.32 Å². The second-order valence-corrected chi connectivity index (χ2v) is 4.44. The van der Waals surface area contributed by atoms with Crippen LogP contribution in [0.15, 0.2) is 91.2 Å². The zero-order chi connectivity index (χ0) is 14.5. The first kappa shape index (κ1) is 13.9. The van der Waals surface area contributed by atoms with Gasteiger partial charge in [0.05, 0.1) is 0 Å². The fourth-order valence-corrected chi connectivity index (χ4v) is 2.43. The maximum atomic E-state index is 3.95. The summed E-state index contributed by atoms with van der Waals surface area (Å²) in [7, 11) is 0. The Hall–Kier alpha value is -2.54. The van der Waals surface area contributed by atoms with Gasteiger partial charge in [-0.3, -0.25) is 0 Å². The number of para-hydroxylation sites is 1. The molecule has 1 aromatic carbocycles. The van der Waals surface area contributed by atoms with Crippen LogP contribution in [0.2, 0.25) is 0 Å². The van der Waals surface area contributed by atoms with Gasteiger partial charge < -0.3 is 5.32 Å². The van der Waals surface area contributed by atoms with Gasteiger partial charge >= 0.3 is 0 Å². The van der Waals surface area contributed by atoms with Crippen molar-refractivity contribution in [3.8, 4) is 0 Å². The summed E-state index contributed by atoms with van der Waals surface area (Å²) in [4.78, 5) is 0. The number of hydrogen-bond acceptors (Lipinski definition) is 1. The predicted octanol–water partition coefficient (Wildman–Crippen LogP) is 5.25. The lowest BCUT2D eigenvalue weighted by molar-refractivity contribution is 1.41. The second-order valence-electron chi connectivity index (χ2n) is 4.44. The molecular formula is C19H19N. The molecule has 1 N–H and O–H groups in total. The molecule has 0 saturated heterocycles. The molecule has 2 rings (SSSR count). The molecule has 20 heavy (non-hydrogen) atoms. The van der Waals surface area contributed by atoms with E-state index in [0.29, 0.717) is 0 Å². The molecule has 1 aliphatic rings. The van der Waals surface area contributed by atoms with E-state index in [-0.39, 0.29) is 0 Å². The van der Waals surface area contributed by atoms with Crippen LogP contribution in [0.25, 0.3) is 5.57 Å². The van der Waals surface area contributed by atoms with E-state index in [1.165, 1.54) is 0 Å². The lowest BCUT2D eigenvalue weighted by Gasteiger charge is -2.10. The molecule has 0 aromatic heterocycles. The molecule has 1 nitrogen and oxygen atoms in total. The standard InChI is InChI=1S/C19H19N/c1-5-11-18-16(8-4)14(6-2)15(7-3)17-12-9-10-13-19(17)20-18/h5-13,20H,2-4H2,1H3/b11-5-. The third kappa shape index (κ3) is 2.30. The number of fused-ring (bicyclic) bond motifs is 1. The fourth-order valence-electron chi connectivity index (χ4n) is 2.43. The van der Waals surface area contributed by atoms with Crippen LogP contribution in [0.5, 0.6) is 0 Å². The summed E-state index contributed by atoms with van der Waals surface area (Å²) in [6.45, 7) is 13.8. The normalized spacial score (nSPS) is 14.7. The average molecular weight is 261 g/mol. The summed E-state index contributed by atoms with van der Waals surface area (Å²) in [5.41, 5.74) is 6.34. The van der Waals surface area contributed by atoms with Gasteiger partial charge in [-0.2, -0.15) is 0 Å². The highest BCUT2D eigenvalue weighted by Gasteiger charge is 2.17. The molecule has 0 radical (unpaired) electrons. The number of anilines is 1. The van der Waals surface area contributed by atoms with E-state index in [4.69, 9.17) is 0 Å². The molecule has 100 valence electrons. The molecule has 0 spiro atoms. The molecule has 1 heteroatoms. The molecule has 0 unspecified atom stereocenters. The molecule has 0 saturated carbocycles. The summed E-state index contributed by atoms with van der Waals surface area (Å²) in [6, 6.07) is 8.20. The fraction of sp³-hybridized carbons (Fsp3) is 0.0526. The lowest BCUT2D eigenvalue weighted by atomic mass is 9.94. The predicted molar refractivity (Wildman–Crippen MR) is 89.4 cm³/mol. The molecule has 0 fully saturated rings. The van der Waals surface area contributed by atoms with Crippen molar-refractivity contribution in [1.29, 1.82) is 0 Å². The number of rotatable bonds is 4.